The summed E-state index contributed by atoms with van der Waals surface area (Å²) < 4.78 is 16.0. The Labute approximate surface area is 162 Å². The van der Waals surface area contributed by atoms with Gasteiger partial charge in [-0.1, -0.05) is 11.6 Å². The zero-order chi connectivity index (χ0) is 19.4. The maximum absolute atomic E-state index is 6.06. The molecule has 0 radical (unpaired) electrons. The predicted molar refractivity (Wildman–Crippen MR) is 109 cm³/mol. The molecule has 0 amide bonds. The minimum Gasteiger partial charge on any atom is -0.496 e. The Hall–Kier alpha value is -2.99. The normalized spacial score (nSPS) is 11.0. The highest BCUT2D eigenvalue weighted by Gasteiger charge is 2.10. The highest BCUT2D eigenvalue weighted by Crippen LogP contribution is 2.33. The summed E-state index contributed by atoms with van der Waals surface area (Å²) in [6.07, 6.45) is 1.64. The number of hydrogen-bond donors (Lipinski definition) is 1. The Morgan fingerprint density at radius 2 is 1.67 bits per heavy atom. The van der Waals surface area contributed by atoms with Gasteiger partial charge in [-0.2, -0.15) is 5.10 Å². The lowest BCUT2D eigenvalue weighted by Crippen LogP contribution is -1.99. The Balaban J connectivity index is 1.87. The number of hydrazone groups is 1. The van der Waals surface area contributed by atoms with Crippen LogP contribution in [0.2, 0.25) is 5.02 Å². The number of fused-ring (bicyclic) bond motifs is 1. The highest BCUT2D eigenvalue weighted by molar-refractivity contribution is 6.31. The Morgan fingerprint density at radius 3 is 2.37 bits per heavy atom. The molecular formula is C20H20ClN3O3. The van der Waals surface area contributed by atoms with E-state index in [1.54, 1.807) is 39.7 Å². The molecule has 0 bridgehead atoms. The molecule has 140 valence electrons. The van der Waals surface area contributed by atoms with Gasteiger partial charge in [-0.3, -0.25) is 5.43 Å². The average molecular weight is 386 g/mol. The standard InChI is InChI=1S/C20H20ClN3O3/c1-12-7-20(23-16-6-5-14(21)9-15(12)16)24-22-11-13-8-18(26-3)19(27-4)10-17(13)25-2/h5-11H,1-4H3,(H,23,24)/b22-11+. The van der Waals surface area contributed by atoms with Gasteiger partial charge in [0.1, 0.15) is 11.6 Å². The minimum absolute atomic E-state index is 0.588. The summed E-state index contributed by atoms with van der Waals surface area (Å²) in [6, 6.07) is 11.1. The van der Waals surface area contributed by atoms with Crippen molar-refractivity contribution in [2.24, 2.45) is 5.10 Å². The van der Waals surface area contributed by atoms with E-state index in [2.05, 4.69) is 15.5 Å². The van der Waals surface area contributed by atoms with Crippen LogP contribution >= 0.6 is 11.6 Å². The minimum atomic E-state index is 0.588. The molecule has 1 heterocycles. The molecule has 0 saturated heterocycles. The number of aryl methyl sites for hydroxylation is 1. The van der Waals surface area contributed by atoms with Crippen molar-refractivity contribution < 1.29 is 14.2 Å². The molecule has 0 unspecified atom stereocenters. The number of aromatic nitrogens is 1. The van der Waals surface area contributed by atoms with Crippen LogP contribution in [0.4, 0.5) is 5.82 Å². The summed E-state index contributed by atoms with van der Waals surface area (Å²) in [5.74, 6) is 2.44. The maximum atomic E-state index is 6.06. The fourth-order valence-electron chi connectivity index (χ4n) is 2.75. The number of ether oxygens (including phenoxy) is 3. The van der Waals surface area contributed by atoms with Crippen molar-refractivity contribution in [3.63, 3.8) is 0 Å². The van der Waals surface area contributed by atoms with Crippen molar-refractivity contribution in [1.29, 1.82) is 0 Å². The Bertz CT molecular complexity index is 1010. The maximum Gasteiger partial charge on any atom is 0.164 e. The molecule has 7 heteroatoms. The monoisotopic (exact) mass is 385 g/mol. The van der Waals surface area contributed by atoms with Gasteiger partial charge < -0.3 is 14.2 Å². The Kier molecular flexibility index (Phi) is 5.66. The molecule has 1 N–H and O–H groups in total. The summed E-state index contributed by atoms with van der Waals surface area (Å²) in [4.78, 5) is 4.55. The van der Waals surface area contributed by atoms with E-state index < -0.39 is 0 Å². The first-order valence-corrected chi connectivity index (χ1v) is 8.59. The van der Waals surface area contributed by atoms with E-state index in [4.69, 9.17) is 25.8 Å². The van der Waals surface area contributed by atoms with Crippen molar-refractivity contribution in [3.8, 4) is 17.2 Å². The van der Waals surface area contributed by atoms with E-state index in [1.165, 1.54) is 0 Å². The van der Waals surface area contributed by atoms with Gasteiger partial charge in [-0.15, -0.1) is 0 Å². The summed E-state index contributed by atoms with van der Waals surface area (Å²) >= 11 is 6.06. The molecule has 0 aliphatic carbocycles. The topological polar surface area (TPSA) is 65.0 Å². The zero-order valence-corrected chi connectivity index (χ0v) is 16.3. The van der Waals surface area contributed by atoms with E-state index in [0.717, 1.165) is 22.0 Å². The van der Waals surface area contributed by atoms with Crippen molar-refractivity contribution in [1.82, 2.24) is 4.98 Å². The van der Waals surface area contributed by atoms with Crippen LogP contribution in [0.1, 0.15) is 11.1 Å². The number of hydrogen-bond acceptors (Lipinski definition) is 6. The van der Waals surface area contributed by atoms with Crippen molar-refractivity contribution in [3.05, 3.63) is 52.5 Å². The van der Waals surface area contributed by atoms with Crippen LogP contribution in [0.25, 0.3) is 10.9 Å². The van der Waals surface area contributed by atoms with Crippen molar-refractivity contribution in [2.75, 3.05) is 26.8 Å². The van der Waals surface area contributed by atoms with Gasteiger partial charge in [0.15, 0.2) is 11.5 Å². The second-order valence-corrected chi connectivity index (χ2v) is 6.24. The van der Waals surface area contributed by atoms with E-state index in [0.29, 0.717) is 28.1 Å². The number of halogens is 1. The van der Waals surface area contributed by atoms with Crippen molar-refractivity contribution in [2.45, 2.75) is 6.92 Å². The lowest BCUT2D eigenvalue weighted by Gasteiger charge is -2.12. The van der Waals surface area contributed by atoms with Crippen LogP contribution in [-0.2, 0) is 0 Å². The number of methoxy groups -OCH3 is 3. The molecular weight excluding hydrogens is 366 g/mol. The van der Waals surface area contributed by atoms with Gasteiger partial charge in [-0.05, 0) is 42.8 Å². The molecule has 0 aliphatic rings. The molecule has 0 spiro atoms. The van der Waals surface area contributed by atoms with Crippen LogP contribution in [-0.4, -0.2) is 32.5 Å². The van der Waals surface area contributed by atoms with E-state index in [9.17, 15) is 0 Å². The zero-order valence-electron chi connectivity index (χ0n) is 15.5. The fraction of sp³-hybridized carbons (Fsp3) is 0.200. The molecule has 0 aliphatic heterocycles. The number of nitrogens with one attached hydrogen (secondary N) is 1. The molecule has 1 aromatic heterocycles. The summed E-state index contributed by atoms with van der Waals surface area (Å²) in [6.45, 7) is 2.01. The molecule has 6 nitrogen and oxygen atoms in total. The van der Waals surface area contributed by atoms with Crippen LogP contribution in [0.15, 0.2) is 41.5 Å². The smallest absolute Gasteiger partial charge is 0.164 e. The van der Waals surface area contributed by atoms with Crippen molar-refractivity contribution >= 4 is 34.5 Å². The first kappa shape index (κ1) is 18.8. The highest BCUT2D eigenvalue weighted by atomic mass is 35.5. The molecule has 0 saturated carbocycles. The van der Waals surface area contributed by atoms with Gasteiger partial charge in [0.05, 0.1) is 33.1 Å². The van der Waals surface area contributed by atoms with Gasteiger partial charge in [0.2, 0.25) is 0 Å². The van der Waals surface area contributed by atoms with E-state index in [-0.39, 0.29) is 0 Å². The number of rotatable bonds is 6. The second-order valence-electron chi connectivity index (χ2n) is 5.81. The van der Waals surface area contributed by atoms with E-state index in [1.807, 2.05) is 31.2 Å². The Morgan fingerprint density at radius 1 is 0.963 bits per heavy atom. The molecule has 3 aromatic rings. The molecule has 0 fully saturated rings. The lowest BCUT2D eigenvalue weighted by atomic mass is 10.1. The van der Waals surface area contributed by atoms with Crippen LogP contribution in [0.3, 0.4) is 0 Å². The largest absolute Gasteiger partial charge is 0.496 e. The third kappa shape index (κ3) is 4.06. The van der Waals surface area contributed by atoms with Crippen LogP contribution < -0.4 is 19.6 Å². The molecule has 0 atom stereocenters. The van der Waals surface area contributed by atoms with Gasteiger partial charge in [0, 0.05) is 22.0 Å². The van der Waals surface area contributed by atoms with Gasteiger partial charge in [0.25, 0.3) is 0 Å². The number of nitrogens with zero attached hydrogens (tertiary/aromatic N) is 2. The fourth-order valence-corrected chi connectivity index (χ4v) is 2.92. The average Bonchev–Trinajstić information content (AvgIpc) is 2.68. The molecule has 2 aromatic carbocycles. The van der Waals surface area contributed by atoms with Gasteiger partial charge >= 0.3 is 0 Å². The quantitative estimate of drug-likeness (QED) is 0.493. The SMILES string of the molecule is COc1cc(OC)c(OC)cc1/C=N/Nc1cc(C)c2cc(Cl)ccc2n1. The van der Waals surface area contributed by atoms with Gasteiger partial charge in [-0.25, -0.2) is 4.98 Å². The molecule has 3 rings (SSSR count). The van der Waals surface area contributed by atoms with Crippen LogP contribution in [0.5, 0.6) is 17.2 Å². The summed E-state index contributed by atoms with van der Waals surface area (Å²) in [5.41, 5.74) is 5.61. The second kappa shape index (κ2) is 8.14. The molecule has 27 heavy (non-hydrogen) atoms. The number of pyridine rings is 1. The number of benzene rings is 2. The third-order valence-electron chi connectivity index (χ3n) is 4.10. The lowest BCUT2D eigenvalue weighted by molar-refractivity contribution is 0.349. The van der Waals surface area contributed by atoms with E-state index >= 15 is 0 Å². The predicted octanol–water partition coefficient (Wildman–Crippen LogP) is 4.67. The first-order chi connectivity index (χ1) is 13.0. The number of anilines is 1. The summed E-state index contributed by atoms with van der Waals surface area (Å²) in [7, 11) is 4.75. The summed E-state index contributed by atoms with van der Waals surface area (Å²) in [5, 5.41) is 5.98. The van der Waals surface area contributed by atoms with Crippen LogP contribution in [0, 0.1) is 6.92 Å². The third-order valence-corrected chi connectivity index (χ3v) is 4.33. The first-order valence-electron chi connectivity index (χ1n) is 8.21.